The molecule has 0 fully saturated rings. The number of rotatable bonds is 7. The van der Waals surface area contributed by atoms with Crippen LogP contribution >= 0.6 is 22.7 Å². The van der Waals surface area contributed by atoms with Crippen LogP contribution in [-0.4, -0.2) is 27.7 Å². The SMILES string of the molecule is C.CC(=O)CC(C)C#Cc1cnc(Oc2cccc(C)c2C)s1.CC(=O)NC(C)C#Cc1cnc(Oc2cccc(C)c2)s1. The molecule has 1 N–H and O–H groups in total. The lowest BCUT2D eigenvalue weighted by molar-refractivity contribution is -0.119. The van der Waals surface area contributed by atoms with Crippen molar-refractivity contribution in [1.82, 2.24) is 15.3 Å². The third kappa shape index (κ3) is 12.4. The number of amides is 1. The molecule has 0 bridgehead atoms. The number of carbonyl (C=O) groups excluding carboxylic acids is 2. The fourth-order valence-corrected chi connectivity index (χ4v) is 4.92. The summed E-state index contributed by atoms with van der Waals surface area (Å²) in [5.74, 6) is 13.8. The summed E-state index contributed by atoms with van der Waals surface area (Å²) in [5, 5.41) is 3.84. The Labute approximate surface area is 269 Å². The van der Waals surface area contributed by atoms with E-state index in [9.17, 15) is 9.59 Å². The maximum absolute atomic E-state index is 11.0. The van der Waals surface area contributed by atoms with Gasteiger partial charge in [-0.15, -0.1) is 0 Å². The molecule has 0 saturated heterocycles. The molecule has 2 aromatic heterocycles. The molecule has 1 amide bonds. The van der Waals surface area contributed by atoms with Crippen molar-refractivity contribution in [2.75, 3.05) is 0 Å². The summed E-state index contributed by atoms with van der Waals surface area (Å²) in [5.41, 5.74) is 3.43. The smallest absolute Gasteiger partial charge is 0.279 e. The first kappa shape index (κ1) is 35.8. The Morgan fingerprint density at radius 1 is 0.886 bits per heavy atom. The van der Waals surface area contributed by atoms with Gasteiger partial charge in [-0.05, 0) is 69.5 Å². The van der Waals surface area contributed by atoms with Gasteiger partial charge in [-0.25, -0.2) is 9.97 Å². The van der Waals surface area contributed by atoms with E-state index in [-0.39, 0.29) is 31.1 Å². The molecule has 4 aromatic rings. The van der Waals surface area contributed by atoms with E-state index < -0.39 is 0 Å². The van der Waals surface area contributed by atoms with Crippen LogP contribution in [0.4, 0.5) is 0 Å². The Bertz CT molecular complexity index is 1680. The maximum atomic E-state index is 11.0. The van der Waals surface area contributed by atoms with E-state index in [1.54, 1.807) is 19.3 Å². The van der Waals surface area contributed by atoms with Crippen LogP contribution < -0.4 is 14.8 Å². The Kier molecular flexibility index (Phi) is 14.3. The quantitative estimate of drug-likeness (QED) is 0.207. The van der Waals surface area contributed by atoms with Crippen molar-refractivity contribution in [2.45, 2.75) is 68.4 Å². The highest BCUT2D eigenvalue weighted by molar-refractivity contribution is 7.14. The zero-order chi connectivity index (χ0) is 31.4. The van der Waals surface area contributed by atoms with E-state index in [4.69, 9.17) is 9.47 Å². The lowest BCUT2D eigenvalue weighted by atomic mass is 10.1. The molecule has 7 nitrogen and oxygen atoms in total. The number of nitrogens with zero attached hydrogens (tertiary/aromatic N) is 2. The number of carbonyl (C=O) groups is 2. The second kappa shape index (κ2) is 17.6. The van der Waals surface area contributed by atoms with Crippen molar-refractivity contribution in [3.8, 4) is 45.6 Å². The van der Waals surface area contributed by atoms with Crippen LogP contribution in [-0.2, 0) is 9.59 Å². The molecule has 4 rings (SSSR count). The summed E-state index contributed by atoms with van der Waals surface area (Å²) >= 11 is 2.79. The molecule has 230 valence electrons. The van der Waals surface area contributed by atoms with Crippen LogP contribution in [0.3, 0.4) is 0 Å². The number of aryl methyl sites for hydroxylation is 2. The van der Waals surface area contributed by atoms with Crippen molar-refractivity contribution in [3.05, 3.63) is 81.3 Å². The van der Waals surface area contributed by atoms with Crippen molar-refractivity contribution in [2.24, 2.45) is 5.92 Å². The predicted octanol–water partition coefficient (Wildman–Crippen LogP) is 8.27. The summed E-state index contributed by atoms with van der Waals surface area (Å²) in [6.07, 6.45) is 3.86. The van der Waals surface area contributed by atoms with Gasteiger partial charge in [0.05, 0.1) is 18.4 Å². The highest BCUT2D eigenvalue weighted by Gasteiger charge is 2.08. The van der Waals surface area contributed by atoms with Gasteiger partial charge >= 0.3 is 0 Å². The van der Waals surface area contributed by atoms with E-state index >= 15 is 0 Å². The first-order valence-electron chi connectivity index (χ1n) is 13.7. The highest BCUT2D eigenvalue weighted by Crippen LogP contribution is 2.30. The molecule has 2 aromatic carbocycles. The molecule has 2 unspecified atom stereocenters. The normalized spacial score (nSPS) is 11.1. The second-order valence-corrected chi connectivity index (χ2v) is 12.0. The minimum atomic E-state index is -0.189. The van der Waals surface area contributed by atoms with Gasteiger partial charge in [0.2, 0.25) is 5.91 Å². The Morgan fingerprint density at radius 2 is 1.50 bits per heavy atom. The number of nitrogens with one attached hydrogen (secondary N) is 1. The van der Waals surface area contributed by atoms with Crippen molar-refractivity contribution in [3.63, 3.8) is 0 Å². The number of hydrogen-bond donors (Lipinski definition) is 1. The number of ketones is 1. The number of ether oxygens (including phenoxy) is 2. The molecule has 0 aliphatic rings. The molecule has 44 heavy (non-hydrogen) atoms. The molecular formula is C35H39N3O4S2. The zero-order valence-corrected chi connectivity index (χ0v) is 27.0. The van der Waals surface area contributed by atoms with Gasteiger partial charge in [-0.2, -0.15) is 0 Å². The van der Waals surface area contributed by atoms with E-state index in [1.165, 1.54) is 35.2 Å². The number of thiazole rings is 2. The Balaban J connectivity index is 0.000000300. The maximum Gasteiger partial charge on any atom is 0.279 e. The van der Waals surface area contributed by atoms with Gasteiger partial charge in [-0.3, -0.25) is 9.59 Å². The summed E-state index contributed by atoms with van der Waals surface area (Å²) in [6, 6.07) is 13.6. The van der Waals surface area contributed by atoms with Gasteiger partial charge in [0.15, 0.2) is 0 Å². The van der Waals surface area contributed by atoms with Crippen molar-refractivity contribution < 1.29 is 19.1 Å². The molecule has 9 heteroatoms. The highest BCUT2D eigenvalue weighted by atomic mass is 32.1. The van der Waals surface area contributed by atoms with Gasteiger partial charge < -0.3 is 14.8 Å². The lowest BCUT2D eigenvalue weighted by Crippen LogP contribution is -2.28. The van der Waals surface area contributed by atoms with E-state index in [1.807, 2.05) is 64.1 Å². The molecule has 0 aliphatic carbocycles. The molecule has 2 atom stereocenters. The monoisotopic (exact) mass is 629 g/mol. The average Bonchev–Trinajstić information content (AvgIpc) is 3.58. The fraction of sp³-hybridized carbons (Fsp3) is 0.314. The molecule has 0 saturated carbocycles. The summed E-state index contributed by atoms with van der Waals surface area (Å²) in [7, 11) is 0. The zero-order valence-electron chi connectivity index (χ0n) is 25.4. The van der Waals surface area contributed by atoms with Gasteiger partial charge in [0, 0.05) is 19.3 Å². The third-order valence-corrected chi connectivity index (χ3v) is 7.36. The second-order valence-electron chi connectivity index (χ2n) is 9.97. The van der Waals surface area contributed by atoms with Crippen molar-refractivity contribution >= 4 is 34.4 Å². The van der Waals surface area contributed by atoms with Gasteiger partial charge in [0.25, 0.3) is 10.4 Å². The van der Waals surface area contributed by atoms with Crippen LogP contribution in [0.1, 0.15) is 68.0 Å². The standard InChI is InChI=1S/C18H19NO2S.C16H16N2O2S.CH4/c1-12(10-14(3)20)8-9-16-11-19-18(22-16)21-17-7-5-6-13(2)15(17)4;1-11-5-4-6-14(9-11)20-16-17-10-15(21-16)8-7-12(2)18-13(3)19;/h5-7,11-12H,10H2,1-4H3;4-6,9-10,12H,1-3H3,(H,18,19);1H4. The van der Waals surface area contributed by atoms with E-state index in [0.717, 1.165) is 32.4 Å². The van der Waals surface area contributed by atoms with E-state index in [2.05, 4.69) is 52.0 Å². The number of benzene rings is 2. The summed E-state index contributed by atoms with van der Waals surface area (Å²) in [6.45, 7) is 12.9. The number of hydrogen-bond acceptors (Lipinski definition) is 8. The third-order valence-electron chi connectivity index (χ3n) is 5.78. The van der Waals surface area contributed by atoms with Crippen LogP contribution in [0.25, 0.3) is 0 Å². The predicted molar refractivity (Wildman–Crippen MR) is 180 cm³/mol. The summed E-state index contributed by atoms with van der Waals surface area (Å²) < 4.78 is 11.5. The Morgan fingerprint density at radius 3 is 2.11 bits per heavy atom. The summed E-state index contributed by atoms with van der Waals surface area (Å²) in [4.78, 5) is 32.0. The van der Waals surface area contributed by atoms with Crippen LogP contribution in [0.2, 0.25) is 0 Å². The van der Waals surface area contributed by atoms with Crippen molar-refractivity contribution in [1.29, 1.82) is 0 Å². The number of Topliss-reactive ketones (excluding diaryl/α,β-unsaturated/α-hetero) is 1. The van der Waals surface area contributed by atoms with E-state index in [0.29, 0.717) is 16.8 Å². The van der Waals surface area contributed by atoms with Crippen LogP contribution in [0.5, 0.6) is 21.9 Å². The Hall–Kier alpha value is -4.44. The average molecular weight is 630 g/mol. The minimum Gasteiger partial charge on any atom is -0.431 e. The first-order valence-corrected chi connectivity index (χ1v) is 15.3. The molecule has 0 radical (unpaired) electrons. The molecule has 2 heterocycles. The fourth-order valence-electron chi connectivity index (χ4n) is 3.63. The first-order chi connectivity index (χ1) is 20.5. The van der Waals surface area contributed by atoms with Crippen LogP contribution in [0.15, 0.2) is 54.9 Å². The molecule has 0 spiro atoms. The van der Waals surface area contributed by atoms with Gasteiger partial charge in [0.1, 0.15) is 27.0 Å². The topological polar surface area (TPSA) is 90.4 Å². The molecular weight excluding hydrogens is 591 g/mol. The number of aromatic nitrogens is 2. The molecule has 0 aliphatic heterocycles. The van der Waals surface area contributed by atoms with Gasteiger partial charge in [-0.1, -0.05) is 85.0 Å². The largest absolute Gasteiger partial charge is 0.431 e. The minimum absolute atomic E-state index is 0. The van der Waals surface area contributed by atoms with Crippen LogP contribution in [0, 0.1) is 50.4 Å². The lowest BCUT2D eigenvalue weighted by Gasteiger charge is -2.07.